The fraction of sp³-hybridized carbons (Fsp3) is 0.440. The van der Waals surface area contributed by atoms with E-state index in [4.69, 9.17) is 15.6 Å². The number of aryl methyl sites for hydroxylation is 1. The van der Waals surface area contributed by atoms with E-state index in [9.17, 15) is 9.59 Å². The van der Waals surface area contributed by atoms with Gasteiger partial charge in [-0.05, 0) is 61.3 Å². The van der Waals surface area contributed by atoms with Crippen molar-refractivity contribution in [1.29, 1.82) is 0 Å². The topological polar surface area (TPSA) is 114 Å². The number of carboxylic acids is 1. The molecule has 2 fully saturated rings. The van der Waals surface area contributed by atoms with E-state index in [0.29, 0.717) is 30.4 Å². The van der Waals surface area contributed by atoms with Gasteiger partial charge >= 0.3 is 5.97 Å². The van der Waals surface area contributed by atoms with Crippen molar-refractivity contribution in [3.63, 3.8) is 0 Å². The Morgan fingerprint density at radius 3 is 2.38 bits per heavy atom. The number of nitrogens with two attached hydrogens (primary N) is 1. The van der Waals surface area contributed by atoms with E-state index in [1.807, 2.05) is 42.5 Å². The number of amides is 1. The van der Waals surface area contributed by atoms with Gasteiger partial charge in [-0.3, -0.25) is 10.2 Å². The lowest BCUT2D eigenvalue weighted by molar-refractivity contribution is -0.123. The highest BCUT2D eigenvalue weighted by Crippen LogP contribution is 2.45. The molecular formula is C25H31N3O4. The molecule has 5 N–H and O–H groups in total. The molecule has 2 aliphatic heterocycles. The number of hydrogen-bond donors (Lipinski definition) is 4. The highest BCUT2D eigenvalue weighted by atomic mass is 16.5. The molecule has 2 bridgehead atoms. The number of rotatable bonds is 10. The molecule has 0 saturated carbocycles. The molecule has 7 nitrogen and oxygen atoms in total. The van der Waals surface area contributed by atoms with Gasteiger partial charge in [-0.2, -0.15) is 0 Å². The fourth-order valence-corrected chi connectivity index (χ4v) is 5.01. The van der Waals surface area contributed by atoms with Crippen LogP contribution in [0.4, 0.5) is 0 Å². The van der Waals surface area contributed by atoms with Crippen molar-refractivity contribution >= 4 is 11.9 Å². The van der Waals surface area contributed by atoms with E-state index < -0.39 is 12.0 Å². The van der Waals surface area contributed by atoms with E-state index >= 15 is 0 Å². The van der Waals surface area contributed by atoms with Crippen LogP contribution in [0.15, 0.2) is 54.6 Å². The molecule has 5 atom stereocenters. The molecule has 0 unspecified atom stereocenters. The minimum Gasteiger partial charge on any atom is -0.478 e. The van der Waals surface area contributed by atoms with Crippen LogP contribution in [0.3, 0.4) is 0 Å². The monoisotopic (exact) mass is 437 g/mol. The zero-order chi connectivity index (χ0) is 22.5. The normalized spacial score (nSPS) is 24.9. The highest BCUT2D eigenvalue weighted by molar-refractivity contribution is 5.87. The van der Waals surface area contributed by atoms with Gasteiger partial charge in [0.05, 0.1) is 23.8 Å². The SMILES string of the molecule is N[C@@H](Cc1ccccc1)C(=O)NNC[C@H]1[C@H](CCc2ccc(C(=O)O)cc2)[C@H]2CC[C@@H]1O2. The molecule has 2 heterocycles. The molecule has 2 aromatic rings. The Labute approximate surface area is 188 Å². The van der Waals surface area contributed by atoms with Crippen molar-refractivity contribution < 1.29 is 19.4 Å². The number of hydrazine groups is 1. The Morgan fingerprint density at radius 2 is 1.69 bits per heavy atom. The number of hydrogen-bond acceptors (Lipinski definition) is 5. The van der Waals surface area contributed by atoms with Crippen LogP contribution < -0.4 is 16.6 Å². The Kier molecular flexibility index (Phi) is 7.19. The summed E-state index contributed by atoms with van der Waals surface area (Å²) in [6.07, 6.45) is 4.97. The molecule has 32 heavy (non-hydrogen) atoms. The van der Waals surface area contributed by atoms with Crippen molar-refractivity contribution in [2.75, 3.05) is 6.54 Å². The predicted octanol–water partition coefficient (Wildman–Crippen LogP) is 2.30. The number of carbonyl (C=O) groups is 2. The average molecular weight is 438 g/mol. The summed E-state index contributed by atoms with van der Waals surface area (Å²) >= 11 is 0. The number of nitrogens with one attached hydrogen (secondary N) is 2. The summed E-state index contributed by atoms with van der Waals surface area (Å²) in [7, 11) is 0. The third-order valence-electron chi connectivity index (χ3n) is 6.74. The Bertz CT molecular complexity index is 919. The van der Waals surface area contributed by atoms with Crippen LogP contribution in [0.5, 0.6) is 0 Å². The number of carboxylic acid groups (broad SMARTS) is 1. The molecule has 0 aliphatic carbocycles. The van der Waals surface area contributed by atoms with Gasteiger partial charge < -0.3 is 15.6 Å². The number of fused-ring (bicyclic) bond motifs is 2. The third-order valence-corrected chi connectivity index (χ3v) is 6.74. The number of aromatic carboxylic acids is 1. The fourth-order valence-electron chi connectivity index (χ4n) is 5.01. The van der Waals surface area contributed by atoms with Gasteiger partial charge in [0.2, 0.25) is 0 Å². The lowest BCUT2D eigenvalue weighted by atomic mass is 9.76. The first-order valence-electron chi connectivity index (χ1n) is 11.3. The Hall–Kier alpha value is -2.74. The van der Waals surface area contributed by atoms with Gasteiger partial charge in [-0.1, -0.05) is 42.5 Å². The molecule has 0 radical (unpaired) electrons. The molecule has 2 saturated heterocycles. The zero-order valence-corrected chi connectivity index (χ0v) is 18.1. The van der Waals surface area contributed by atoms with Crippen molar-refractivity contribution in [3.05, 3.63) is 71.3 Å². The molecular weight excluding hydrogens is 406 g/mol. The van der Waals surface area contributed by atoms with Gasteiger partial charge in [0.1, 0.15) is 0 Å². The lowest BCUT2D eigenvalue weighted by Crippen LogP contribution is -2.50. The van der Waals surface area contributed by atoms with Crippen LogP contribution in [0, 0.1) is 11.8 Å². The first-order chi connectivity index (χ1) is 15.5. The van der Waals surface area contributed by atoms with Gasteiger partial charge in [0.25, 0.3) is 5.91 Å². The van der Waals surface area contributed by atoms with Crippen LogP contribution in [-0.2, 0) is 22.4 Å². The van der Waals surface area contributed by atoms with Gasteiger partial charge in [0, 0.05) is 12.5 Å². The summed E-state index contributed by atoms with van der Waals surface area (Å²) in [5, 5.41) is 9.05. The number of ether oxygens (including phenoxy) is 1. The zero-order valence-electron chi connectivity index (χ0n) is 18.1. The van der Waals surface area contributed by atoms with Gasteiger partial charge in [-0.25, -0.2) is 10.2 Å². The van der Waals surface area contributed by atoms with Crippen LogP contribution >= 0.6 is 0 Å². The van der Waals surface area contributed by atoms with E-state index in [-0.39, 0.29) is 18.1 Å². The Morgan fingerprint density at radius 1 is 1.00 bits per heavy atom. The molecule has 170 valence electrons. The summed E-state index contributed by atoms with van der Waals surface area (Å²) in [6.45, 7) is 0.646. The maximum Gasteiger partial charge on any atom is 0.335 e. The van der Waals surface area contributed by atoms with E-state index in [1.165, 1.54) is 0 Å². The second-order valence-corrected chi connectivity index (χ2v) is 8.83. The van der Waals surface area contributed by atoms with E-state index in [2.05, 4.69) is 10.9 Å². The molecule has 0 spiro atoms. The maximum absolute atomic E-state index is 12.4. The minimum atomic E-state index is -0.908. The Balaban J connectivity index is 1.25. The summed E-state index contributed by atoms with van der Waals surface area (Å²) in [6, 6.07) is 16.2. The van der Waals surface area contributed by atoms with Crippen LogP contribution in [0.1, 0.15) is 40.7 Å². The van der Waals surface area contributed by atoms with Crippen molar-refractivity contribution in [2.45, 2.75) is 50.4 Å². The highest BCUT2D eigenvalue weighted by Gasteiger charge is 2.48. The second kappa shape index (κ2) is 10.3. The molecule has 0 aromatic heterocycles. The van der Waals surface area contributed by atoms with Crippen molar-refractivity contribution in [2.24, 2.45) is 17.6 Å². The molecule has 2 aromatic carbocycles. The van der Waals surface area contributed by atoms with Gasteiger partial charge in [-0.15, -0.1) is 0 Å². The first kappa shape index (κ1) is 22.5. The minimum absolute atomic E-state index is 0.215. The van der Waals surface area contributed by atoms with Crippen LogP contribution in [0.2, 0.25) is 0 Å². The first-order valence-corrected chi connectivity index (χ1v) is 11.3. The second-order valence-electron chi connectivity index (χ2n) is 8.83. The third kappa shape index (κ3) is 5.35. The summed E-state index contributed by atoms with van der Waals surface area (Å²) in [4.78, 5) is 23.4. The lowest BCUT2D eigenvalue weighted by Gasteiger charge is -2.28. The predicted molar refractivity (Wildman–Crippen MR) is 121 cm³/mol. The molecule has 4 rings (SSSR count). The van der Waals surface area contributed by atoms with E-state index in [0.717, 1.165) is 36.8 Å². The van der Waals surface area contributed by atoms with Crippen LogP contribution in [-0.4, -0.2) is 41.8 Å². The smallest absolute Gasteiger partial charge is 0.335 e. The average Bonchev–Trinajstić information content (AvgIpc) is 3.40. The van der Waals surface area contributed by atoms with Crippen molar-refractivity contribution in [3.8, 4) is 0 Å². The van der Waals surface area contributed by atoms with E-state index in [1.54, 1.807) is 12.1 Å². The molecule has 1 amide bonds. The summed E-state index contributed by atoms with van der Waals surface area (Å²) in [5.74, 6) is -0.379. The maximum atomic E-state index is 12.4. The molecule has 7 heteroatoms. The molecule has 2 aliphatic rings. The summed E-state index contributed by atoms with van der Waals surface area (Å²) < 4.78 is 6.17. The standard InChI is InChI=1S/C25H31N3O4/c26-21(14-17-4-2-1-3-5-17)24(29)28-27-15-20-19(22-12-13-23(20)32-22)11-8-16-6-9-18(10-7-16)25(30)31/h1-7,9-10,19-23,27H,8,11-15,26H2,(H,28,29)(H,30,31)/t19-,20-,21-,22+,23-/m0/s1. The summed E-state index contributed by atoms with van der Waals surface area (Å²) in [5.41, 5.74) is 14.4. The van der Waals surface area contributed by atoms with Crippen molar-refractivity contribution in [1.82, 2.24) is 10.9 Å². The number of carbonyl (C=O) groups excluding carboxylic acids is 1. The largest absolute Gasteiger partial charge is 0.478 e. The number of benzene rings is 2. The van der Waals surface area contributed by atoms with Crippen LogP contribution in [0.25, 0.3) is 0 Å². The van der Waals surface area contributed by atoms with Gasteiger partial charge in [0.15, 0.2) is 0 Å². The quantitative estimate of drug-likeness (QED) is 0.424.